The van der Waals surface area contributed by atoms with Crippen molar-refractivity contribution in [3.63, 3.8) is 0 Å². The van der Waals surface area contributed by atoms with Crippen LogP contribution in [0.4, 0.5) is 8.78 Å². The van der Waals surface area contributed by atoms with Crippen molar-refractivity contribution in [3.05, 3.63) is 54.0 Å². The fraction of sp³-hybridized carbons (Fsp3) is 0.444. The van der Waals surface area contributed by atoms with E-state index in [2.05, 4.69) is 14.9 Å². The Hall–Kier alpha value is -2.12. The lowest BCUT2D eigenvalue weighted by Crippen LogP contribution is -2.65. The van der Waals surface area contributed by atoms with Crippen molar-refractivity contribution in [2.45, 2.75) is 31.1 Å². The molecule has 2 saturated heterocycles. The SMILES string of the molecule is Fc1ccc(CN2CC3(C[C@H](Oc4cnccn4)CCO3)C2)cc1F. The number of hydrogen-bond acceptors (Lipinski definition) is 5. The summed E-state index contributed by atoms with van der Waals surface area (Å²) >= 11 is 0. The van der Waals surface area contributed by atoms with Crippen LogP contribution in [0.2, 0.25) is 0 Å². The highest BCUT2D eigenvalue weighted by Crippen LogP contribution is 2.36. The lowest BCUT2D eigenvalue weighted by atomic mass is 9.84. The second kappa shape index (κ2) is 6.65. The Morgan fingerprint density at radius 2 is 2.12 bits per heavy atom. The minimum Gasteiger partial charge on any atom is -0.473 e. The average Bonchev–Trinajstić information content (AvgIpc) is 2.58. The normalized spacial score (nSPS) is 22.6. The van der Waals surface area contributed by atoms with E-state index in [1.165, 1.54) is 12.1 Å². The van der Waals surface area contributed by atoms with Crippen molar-refractivity contribution in [2.24, 2.45) is 0 Å². The van der Waals surface area contributed by atoms with E-state index in [-0.39, 0.29) is 11.7 Å². The van der Waals surface area contributed by atoms with Gasteiger partial charge in [0.05, 0.1) is 18.4 Å². The number of rotatable bonds is 4. The third kappa shape index (κ3) is 3.62. The largest absolute Gasteiger partial charge is 0.473 e. The Morgan fingerprint density at radius 3 is 2.88 bits per heavy atom. The standard InChI is InChI=1S/C18H19F2N3O2/c19-15-2-1-13(7-16(15)20)10-23-11-18(12-23)8-14(3-6-24-18)25-17-9-21-4-5-22-17/h1-2,4-5,7,9,14H,3,6,8,10-12H2/t14-/m1/s1. The van der Waals surface area contributed by atoms with Gasteiger partial charge in [0.2, 0.25) is 5.88 Å². The maximum Gasteiger partial charge on any atom is 0.232 e. The number of nitrogens with zero attached hydrogens (tertiary/aromatic N) is 3. The molecular formula is C18H19F2N3O2. The van der Waals surface area contributed by atoms with Crippen LogP contribution in [0.1, 0.15) is 18.4 Å². The van der Waals surface area contributed by atoms with E-state index in [0.717, 1.165) is 31.5 Å². The van der Waals surface area contributed by atoms with Crippen molar-refractivity contribution in [1.82, 2.24) is 14.9 Å². The zero-order valence-corrected chi connectivity index (χ0v) is 13.7. The molecule has 2 fully saturated rings. The van der Waals surface area contributed by atoms with Gasteiger partial charge >= 0.3 is 0 Å². The molecule has 1 aromatic carbocycles. The fourth-order valence-corrected chi connectivity index (χ4v) is 3.60. The van der Waals surface area contributed by atoms with E-state index in [1.807, 2.05) is 0 Å². The number of benzene rings is 1. The molecule has 0 unspecified atom stereocenters. The Morgan fingerprint density at radius 1 is 1.24 bits per heavy atom. The second-order valence-electron chi connectivity index (χ2n) is 6.70. The van der Waals surface area contributed by atoms with Gasteiger partial charge in [0.15, 0.2) is 11.6 Å². The lowest BCUT2D eigenvalue weighted by molar-refractivity contribution is -0.188. The minimum atomic E-state index is -0.816. The quantitative estimate of drug-likeness (QED) is 0.851. The highest BCUT2D eigenvalue weighted by atomic mass is 19.2. The predicted octanol–water partition coefficient (Wildman–Crippen LogP) is 2.57. The third-order valence-electron chi connectivity index (χ3n) is 4.69. The van der Waals surface area contributed by atoms with Gasteiger partial charge in [-0.15, -0.1) is 0 Å². The molecule has 0 N–H and O–H groups in total. The number of aromatic nitrogens is 2. The van der Waals surface area contributed by atoms with Crippen molar-refractivity contribution >= 4 is 0 Å². The van der Waals surface area contributed by atoms with Crippen LogP contribution < -0.4 is 4.74 Å². The summed E-state index contributed by atoms with van der Waals surface area (Å²) in [7, 11) is 0. The molecule has 2 aliphatic rings. The summed E-state index contributed by atoms with van der Waals surface area (Å²) in [6, 6.07) is 4.04. The Bertz CT molecular complexity index is 738. The van der Waals surface area contributed by atoms with Gasteiger partial charge in [-0.25, -0.2) is 13.8 Å². The van der Waals surface area contributed by atoms with Crippen molar-refractivity contribution in [1.29, 1.82) is 0 Å². The Balaban J connectivity index is 1.32. The van der Waals surface area contributed by atoms with Crippen molar-refractivity contribution in [3.8, 4) is 5.88 Å². The van der Waals surface area contributed by atoms with Crippen LogP contribution in [0.3, 0.4) is 0 Å². The van der Waals surface area contributed by atoms with Crippen molar-refractivity contribution in [2.75, 3.05) is 19.7 Å². The molecule has 1 spiro atoms. The van der Waals surface area contributed by atoms with Gasteiger partial charge in [-0.05, 0) is 17.7 Å². The first-order valence-electron chi connectivity index (χ1n) is 8.35. The monoisotopic (exact) mass is 347 g/mol. The van der Waals surface area contributed by atoms with Crippen LogP contribution >= 0.6 is 0 Å². The van der Waals surface area contributed by atoms with Crippen LogP contribution in [0.15, 0.2) is 36.8 Å². The van der Waals surface area contributed by atoms with Crippen LogP contribution in [0.5, 0.6) is 5.88 Å². The number of hydrogen-bond donors (Lipinski definition) is 0. The summed E-state index contributed by atoms with van der Waals surface area (Å²) in [6.07, 6.45) is 6.49. The van der Waals surface area contributed by atoms with Crippen LogP contribution in [0, 0.1) is 11.6 Å². The van der Waals surface area contributed by atoms with E-state index in [0.29, 0.717) is 19.0 Å². The third-order valence-corrected chi connectivity index (χ3v) is 4.69. The van der Waals surface area contributed by atoms with Gasteiger partial charge in [-0.2, -0.15) is 0 Å². The molecule has 25 heavy (non-hydrogen) atoms. The molecule has 0 amide bonds. The molecule has 0 aliphatic carbocycles. The maximum atomic E-state index is 13.3. The maximum absolute atomic E-state index is 13.3. The molecule has 2 aliphatic heterocycles. The molecule has 2 aromatic rings. The van der Waals surface area contributed by atoms with Crippen LogP contribution in [-0.2, 0) is 11.3 Å². The van der Waals surface area contributed by atoms with E-state index in [9.17, 15) is 8.78 Å². The summed E-state index contributed by atoms with van der Waals surface area (Å²) in [5, 5.41) is 0. The highest BCUT2D eigenvalue weighted by Gasteiger charge is 2.48. The summed E-state index contributed by atoms with van der Waals surface area (Å²) in [6.45, 7) is 2.74. The van der Waals surface area contributed by atoms with E-state index in [1.54, 1.807) is 24.7 Å². The number of halogens is 2. The number of likely N-dealkylation sites (tertiary alicyclic amines) is 1. The molecule has 3 heterocycles. The van der Waals surface area contributed by atoms with E-state index in [4.69, 9.17) is 9.47 Å². The van der Waals surface area contributed by atoms with Gasteiger partial charge in [-0.3, -0.25) is 9.88 Å². The Labute approximate surface area is 144 Å². The average molecular weight is 347 g/mol. The molecule has 0 bridgehead atoms. The smallest absolute Gasteiger partial charge is 0.232 e. The molecular weight excluding hydrogens is 328 g/mol. The Kier molecular flexibility index (Phi) is 4.35. The summed E-state index contributed by atoms with van der Waals surface area (Å²) < 4.78 is 38.2. The van der Waals surface area contributed by atoms with Gasteiger partial charge < -0.3 is 9.47 Å². The highest BCUT2D eigenvalue weighted by molar-refractivity contribution is 5.19. The van der Waals surface area contributed by atoms with Crippen LogP contribution in [0.25, 0.3) is 0 Å². The lowest BCUT2D eigenvalue weighted by Gasteiger charge is -2.53. The zero-order valence-electron chi connectivity index (χ0n) is 13.7. The second-order valence-corrected chi connectivity index (χ2v) is 6.70. The molecule has 0 radical (unpaired) electrons. The van der Waals surface area contributed by atoms with Gasteiger partial charge in [0, 0.05) is 44.9 Å². The summed E-state index contributed by atoms with van der Waals surface area (Å²) in [5.41, 5.74) is 0.542. The predicted molar refractivity (Wildman–Crippen MR) is 86.0 cm³/mol. The van der Waals surface area contributed by atoms with E-state index < -0.39 is 11.6 Å². The molecule has 5 nitrogen and oxygen atoms in total. The van der Waals surface area contributed by atoms with Crippen molar-refractivity contribution < 1.29 is 18.3 Å². The van der Waals surface area contributed by atoms with Gasteiger partial charge in [0.1, 0.15) is 6.10 Å². The first kappa shape index (κ1) is 16.4. The van der Waals surface area contributed by atoms with Crippen LogP contribution in [-0.4, -0.2) is 46.3 Å². The first-order chi connectivity index (χ1) is 12.1. The molecule has 132 valence electrons. The minimum absolute atomic E-state index is 0.0517. The molecule has 4 rings (SSSR count). The molecule has 0 saturated carbocycles. The topological polar surface area (TPSA) is 47.5 Å². The molecule has 7 heteroatoms. The molecule has 1 aromatic heterocycles. The summed E-state index contributed by atoms with van der Waals surface area (Å²) in [4.78, 5) is 10.3. The van der Waals surface area contributed by atoms with E-state index >= 15 is 0 Å². The zero-order chi connectivity index (χ0) is 17.3. The number of ether oxygens (including phenoxy) is 2. The van der Waals surface area contributed by atoms with Gasteiger partial charge in [0.25, 0.3) is 0 Å². The molecule has 1 atom stereocenters. The first-order valence-corrected chi connectivity index (χ1v) is 8.35. The fourth-order valence-electron chi connectivity index (χ4n) is 3.60. The van der Waals surface area contributed by atoms with Gasteiger partial charge in [-0.1, -0.05) is 6.07 Å². The summed E-state index contributed by atoms with van der Waals surface area (Å²) in [5.74, 6) is -1.09.